The van der Waals surface area contributed by atoms with E-state index in [1.165, 1.54) is 0 Å². The minimum atomic E-state index is -1.09. The van der Waals surface area contributed by atoms with E-state index in [-0.39, 0.29) is 19.3 Å². The fourth-order valence-electron chi connectivity index (χ4n) is 3.91. The van der Waals surface area contributed by atoms with Crippen molar-refractivity contribution in [3.63, 3.8) is 0 Å². The summed E-state index contributed by atoms with van der Waals surface area (Å²) in [6, 6.07) is 5.50. The molecule has 1 aliphatic heterocycles. The summed E-state index contributed by atoms with van der Waals surface area (Å²) in [5.74, 6) is 0.977. The molecule has 11 nitrogen and oxygen atoms in total. The second-order valence-corrected chi connectivity index (χ2v) is 8.18. The summed E-state index contributed by atoms with van der Waals surface area (Å²) in [6.07, 6.45) is -1.24. The molecule has 0 radical (unpaired) electrons. The number of carbonyl (C=O) groups is 1. The zero-order valence-electron chi connectivity index (χ0n) is 19.0. The minimum Gasteiger partial charge on any atom is -0.492 e. The van der Waals surface area contributed by atoms with Crippen molar-refractivity contribution in [3.8, 4) is 5.75 Å². The van der Waals surface area contributed by atoms with Crippen LogP contribution in [0.15, 0.2) is 18.2 Å². The monoisotopic (exact) mass is 459 g/mol. The Labute approximate surface area is 190 Å². The number of nitrogens with zero attached hydrogens (tertiary/aromatic N) is 3. The highest BCUT2D eigenvalue weighted by Gasteiger charge is 2.33. The number of carboxylic acid groups (broad SMARTS) is 1. The van der Waals surface area contributed by atoms with Crippen molar-refractivity contribution in [1.29, 1.82) is 0 Å². The van der Waals surface area contributed by atoms with Crippen molar-refractivity contribution in [3.05, 3.63) is 24.0 Å². The molecule has 1 saturated heterocycles. The highest BCUT2D eigenvalue weighted by molar-refractivity contribution is 6.06. The molecule has 4 rings (SSSR count). The second-order valence-electron chi connectivity index (χ2n) is 8.18. The molecule has 3 aromatic rings. The minimum absolute atomic E-state index is 0.147. The zero-order chi connectivity index (χ0) is 23.6. The molecule has 178 valence electrons. The lowest BCUT2D eigenvalue weighted by Gasteiger charge is -2.18. The number of amides is 1. The highest BCUT2D eigenvalue weighted by atomic mass is 16.7. The van der Waals surface area contributed by atoms with Crippen molar-refractivity contribution in [1.82, 2.24) is 19.9 Å². The fourth-order valence-corrected chi connectivity index (χ4v) is 3.91. The summed E-state index contributed by atoms with van der Waals surface area (Å²) in [6.45, 7) is 7.99. The molecule has 0 spiro atoms. The van der Waals surface area contributed by atoms with Gasteiger partial charge >= 0.3 is 6.09 Å². The molecule has 0 aliphatic carbocycles. The Kier molecular flexibility index (Phi) is 6.54. The van der Waals surface area contributed by atoms with Crippen LogP contribution in [0.4, 0.5) is 10.6 Å². The standard InChI is InChI=1S/C22H29N5O6/c1-4-30-12-17-26-18-19(27(17)10-14-11-32-22(2,3)33-14)15-6-5-13(9-16(15)25-20(18)23)31-8-7-24-21(28)29/h5-6,9,14,24H,4,7-8,10-12H2,1-3H3,(H2,23,25)(H,28,29). The maximum Gasteiger partial charge on any atom is 0.404 e. The van der Waals surface area contributed by atoms with Gasteiger partial charge in [0.2, 0.25) is 0 Å². The third-order valence-electron chi connectivity index (χ3n) is 5.29. The number of fused-ring (bicyclic) bond motifs is 3. The molecule has 3 heterocycles. The molecule has 33 heavy (non-hydrogen) atoms. The third kappa shape index (κ3) is 5.10. The summed E-state index contributed by atoms with van der Waals surface area (Å²) in [7, 11) is 0. The van der Waals surface area contributed by atoms with Crippen molar-refractivity contribution < 1.29 is 28.8 Å². The van der Waals surface area contributed by atoms with E-state index in [9.17, 15) is 4.79 Å². The molecule has 1 amide bonds. The van der Waals surface area contributed by atoms with E-state index < -0.39 is 11.9 Å². The number of ether oxygens (including phenoxy) is 4. The highest BCUT2D eigenvalue weighted by Crippen LogP contribution is 2.32. The predicted octanol–water partition coefficient (Wildman–Crippen LogP) is 2.50. The number of aromatic nitrogens is 3. The molecule has 1 unspecified atom stereocenters. The number of nitrogen functional groups attached to an aromatic ring is 1. The van der Waals surface area contributed by atoms with Crippen LogP contribution in [-0.4, -0.2) is 64.0 Å². The van der Waals surface area contributed by atoms with Gasteiger partial charge in [-0.05, 0) is 32.9 Å². The van der Waals surface area contributed by atoms with E-state index in [4.69, 9.17) is 34.8 Å². The Morgan fingerprint density at radius 2 is 2.21 bits per heavy atom. The Bertz CT molecular complexity index is 1160. The van der Waals surface area contributed by atoms with Gasteiger partial charge in [-0.25, -0.2) is 14.8 Å². The lowest BCUT2D eigenvalue weighted by molar-refractivity contribution is -0.139. The predicted molar refractivity (Wildman–Crippen MR) is 121 cm³/mol. The van der Waals surface area contributed by atoms with E-state index in [1.54, 1.807) is 6.07 Å². The van der Waals surface area contributed by atoms with Crippen LogP contribution in [0.1, 0.15) is 26.6 Å². The third-order valence-corrected chi connectivity index (χ3v) is 5.29. The Hall–Kier alpha value is -3.15. The van der Waals surface area contributed by atoms with Crippen molar-refractivity contribution in [2.75, 3.05) is 32.1 Å². The van der Waals surface area contributed by atoms with Gasteiger partial charge in [0.05, 0.1) is 30.7 Å². The van der Waals surface area contributed by atoms with Crippen LogP contribution in [0, 0.1) is 0 Å². The van der Waals surface area contributed by atoms with Gasteiger partial charge in [-0.3, -0.25) is 0 Å². The first-order valence-corrected chi connectivity index (χ1v) is 10.8. The van der Waals surface area contributed by atoms with Crippen LogP contribution < -0.4 is 15.8 Å². The molecule has 1 fully saturated rings. The number of hydrogen-bond donors (Lipinski definition) is 3. The van der Waals surface area contributed by atoms with Crippen LogP contribution in [0.2, 0.25) is 0 Å². The van der Waals surface area contributed by atoms with Gasteiger partial charge in [-0.1, -0.05) is 0 Å². The van der Waals surface area contributed by atoms with Crippen LogP contribution in [0.3, 0.4) is 0 Å². The van der Waals surface area contributed by atoms with Crippen LogP contribution in [0.25, 0.3) is 21.9 Å². The van der Waals surface area contributed by atoms with Crippen molar-refractivity contribution in [2.45, 2.75) is 45.8 Å². The maximum absolute atomic E-state index is 10.6. The molecule has 1 aromatic carbocycles. The summed E-state index contributed by atoms with van der Waals surface area (Å²) in [4.78, 5) is 19.8. The molecule has 11 heteroatoms. The van der Waals surface area contributed by atoms with Gasteiger partial charge in [-0.15, -0.1) is 0 Å². The smallest absolute Gasteiger partial charge is 0.404 e. The largest absolute Gasteiger partial charge is 0.492 e. The van der Waals surface area contributed by atoms with E-state index >= 15 is 0 Å². The molecule has 4 N–H and O–H groups in total. The number of nitrogens with two attached hydrogens (primary N) is 1. The Morgan fingerprint density at radius 1 is 1.39 bits per heavy atom. The van der Waals surface area contributed by atoms with Gasteiger partial charge in [0.15, 0.2) is 11.6 Å². The summed E-state index contributed by atoms with van der Waals surface area (Å²) in [5.41, 5.74) is 8.39. The average molecular weight is 460 g/mol. The van der Waals surface area contributed by atoms with Crippen LogP contribution in [-0.2, 0) is 27.4 Å². The molecular formula is C22H29N5O6. The molecule has 1 aliphatic rings. The van der Waals surface area contributed by atoms with E-state index in [2.05, 4.69) is 14.9 Å². The SMILES string of the molecule is CCOCc1nc2c(N)nc3cc(OCCNC(=O)O)ccc3c2n1CC1COC(C)(C)O1. The second kappa shape index (κ2) is 9.38. The quantitative estimate of drug-likeness (QED) is 0.411. The Morgan fingerprint density at radius 3 is 2.91 bits per heavy atom. The number of benzene rings is 1. The topological polar surface area (TPSA) is 143 Å². The number of rotatable bonds is 9. The van der Waals surface area contributed by atoms with Crippen LogP contribution in [0.5, 0.6) is 5.75 Å². The first-order valence-electron chi connectivity index (χ1n) is 10.8. The van der Waals surface area contributed by atoms with Gasteiger partial charge in [0, 0.05) is 18.1 Å². The van der Waals surface area contributed by atoms with E-state index in [1.807, 2.05) is 32.9 Å². The molecule has 1 atom stereocenters. The summed E-state index contributed by atoms with van der Waals surface area (Å²) >= 11 is 0. The van der Waals surface area contributed by atoms with Gasteiger partial charge in [0.25, 0.3) is 0 Å². The first-order chi connectivity index (χ1) is 15.8. The van der Waals surface area contributed by atoms with Crippen molar-refractivity contribution in [2.24, 2.45) is 0 Å². The van der Waals surface area contributed by atoms with Gasteiger partial charge in [-0.2, -0.15) is 0 Å². The van der Waals surface area contributed by atoms with Gasteiger partial charge < -0.3 is 39.7 Å². The number of nitrogens with one attached hydrogen (secondary N) is 1. The maximum atomic E-state index is 10.6. The average Bonchev–Trinajstić information content (AvgIpc) is 3.29. The lowest BCUT2D eigenvalue weighted by atomic mass is 10.1. The molecule has 0 saturated carbocycles. The van der Waals surface area contributed by atoms with E-state index in [0.717, 1.165) is 16.7 Å². The first kappa shape index (κ1) is 23.0. The molecule has 2 aromatic heterocycles. The normalized spacial score (nSPS) is 17.6. The Balaban J connectivity index is 1.71. The van der Waals surface area contributed by atoms with E-state index in [0.29, 0.717) is 49.0 Å². The van der Waals surface area contributed by atoms with Gasteiger partial charge in [0.1, 0.15) is 36.4 Å². The number of pyridine rings is 1. The molecule has 0 bridgehead atoms. The van der Waals surface area contributed by atoms with Crippen LogP contribution >= 0.6 is 0 Å². The number of anilines is 1. The zero-order valence-corrected chi connectivity index (χ0v) is 19.0. The number of imidazole rings is 1. The number of hydrogen-bond acceptors (Lipinski definition) is 8. The molecular weight excluding hydrogens is 430 g/mol. The lowest BCUT2D eigenvalue weighted by Crippen LogP contribution is -2.26. The fraction of sp³-hybridized carbons (Fsp3) is 0.500. The van der Waals surface area contributed by atoms with Crippen molar-refractivity contribution >= 4 is 33.8 Å². The summed E-state index contributed by atoms with van der Waals surface area (Å²) in [5, 5.41) is 11.8. The summed E-state index contributed by atoms with van der Waals surface area (Å²) < 4.78 is 25.1.